The van der Waals surface area contributed by atoms with Gasteiger partial charge < -0.3 is 24.6 Å². The summed E-state index contributed by atoms with van der Waals surface area (Å²) < 4.78 is 14.6. The summed E-state index contributed by atoms with van der Waals surface area (Å²) in [6.45, 7) is 26.8. The van der Waals surface area contributed by atoms with Crippen LogP contribution in [0.2, 0.25) is 0 Å². The maximum atomic E-state index is 12.3. The van der Waals surface area contributed by atoms with Crippen LogP contribution >= 0.6 is 0 Å². The Labute approximate surface area is 339 Å². The van der Waals surface area contributed by atoms with Crippen LogP contribution in [-0.4, -0.2) is 116 Å². The zero-order chi connectivity index (χ0) is 41.8. The largest absolute Gasteiger partial charge is 0.444 e. The lowest BCUT2D eigenvalue weighted by Gasteiger charge is -2.35. The van der Waals surface area contributed by atoms with Crippen molar-refractivity contribution in [2.45, 2.75) is 99.1 Å². The van der Waals surface area contributed by atoms with Crippen LogP contribution in [0.5, 0.6) is 0 Å². The van der Waals surface area contributed by atoms with Crippen LogP contribution in [0.25, 0.3) is 22.5 Å². The van der Waals surface area contributed by atoms with E-state index in [9.17, 15) is 14.4 Å². The van der Waals surface area contributed by atoms with Gasteiger partial charge in [-0.3, -0.25) is 19.1 Å². The average molecular weight is 785 g/mol. The molecule has 2 aromatic carbocycles. The van der Waals surface area contributed by atoms with Gasteiger partial charge in [0.05, 0.1) is 11.3 Å². The van der Waals surface area contributed by atoms with E-state index in [0.29, 0.717) is 24.7 Å². The minimum atomic E-state index is -0.454. The molecular formula is C44H64N8O5. The highest BCUT2D eigenvalue weighted by Gasteiger charge is 2.27. The molecule has 57 heavy (non-hydrogen) atoms. The van der Waals surface area contributed by atoms with Crippen molar-refractivity contribution in [3.05, 3.63) is 84.2 Å². The first kappa shape index (κ1) is 44.7. The number of benzene rings is 2. The quantitative estimate of drug-likeness (QED) is 0.186. The number of rotatable bonds is 7. The smallest absolute Gasteiger partial charge is 0.410 e. The topological polar surface area (TPSA) is 127 Å². The van der Waals surface area contributed by atoms with Crippen LogP contribution in [0.4, 0.5) is 9.59 Å². The molecule has 310 valence electrons. The summed E-state index contributed by atoms with van der Waals surface area (Å²) in [5.74, 6) is 0. The van der Waals surface area contributed by atoms with Crippen LogP contribution in [0.1, 0.15) is 97.2 Å². The van der Waals surface area contributed by atoms with E-state index < -0.39 is 5.60 Å². The second kappa shape index (κ2) is 20.4. The fourth-order valence-corrected chi connectivity index (χ4v) is 6.06. The highest BCUT2D eigenvalue weighted by molar-refractivity contribution is 5.85. The normalized spacial score (nSPS) is 15.0. The van der Waals surface area contributed by atoms with Gasteiger partial charge in [-0.1, -0.05) is 60.7 Å². The summed E-state index contributed by atoms with van der Waals surface area (Å²) in [5, 5.41) is 12.5. The molecule has 4 heterocycles. The third kappa shape index (κ3) is 14.2. The van der Waals surface area contributed by atoms with Crippen molar-refractivity contribution in [1.82, 2.24) is 39.6 Å². The van der Waals surface area contributed by atoms with E-state index >= 15 is 0 Å². The standard InChI is InChI=1S/C22H32N4O2.C13H14N2O.C9H18N2O2/c1-17(2)26-16-19(20(23-26)18-9-7-6-8-10-18)15-24-11-13-25(14-12-24)21(27)28-22(3,4)5;1-10(2)15-8-12(9-16)13(14-15)11-6-4-3-5-7-11;1-9(2,3)13-8(12)11-6-4-10-5-7-11/h6-10,16-17H,11-15H2,1-5H3;3-10H,1-2H3;10H,4-7H2,1-3H3. The Balaban J connectivity index is 0.000000209. The Morgan fingerprint density at radius 1 is 0.667 bits per heavy atom. The lowest BCUT2D eigenvalue weighted by Crippen LogP contribution is -2.49. The maximum Gasteiger partial charge on any atom is 0.410 e. The second-order valence-electron chi connectivity index (χ2n) is 16.9. The SMILES string of the molecule is CC(C)(C)OC(=O)N1CCNCC1.CC(C)n1cc(C=O)c(-c2ccccc2)n1.CC(C)n1cc(CN2CCN(C(=O)OC(C)(C)C)CC2)c(-c2ccccc2)n1. The molecule has 2 aliphatic heterocycles. The van der Waals surface area contributed by atoms with Crippen LogP contribution in [0.3, 0.4) is 0 Å². The molecule has 2 fully saturated rings. The lowest BCUT2D eigenvalue weighted by molar-refractivity contribution is 0.0138. The molecule has 13 nitrogen and oxygen atoms in total. The number of amides is 2. The molecule has 2 aromatic heterocycles. The third-order valence-electron chi connectivity index (χ3n) is 9.03. The third-order valence-corrected chi connectivity index (χ3v) is 9.03. The molecule has 2 saturated heterocycles. The first-order valence-corrected chi connectivity index (χ1v) is 20.1. The Morgan fingerprint density at radius 2 is 1.11 bits per heavy atom. The zero-order valence-electron chi connectivity index (χ0n) is 35.7. The Kier molecular flexibility index (Phi) is 16.0. The van der Waals surface area contributed by atoms with Gasteiger partial charge in [0, 0.05) is 100 Å². The van der Waals surface area contributed by atoms with Crippen molar-refractivity contribution in [3.8, 4) is 22.5 Å². The van der Waals surface area contributed by atoms with Crippen molar-refractivity contribution in [2.24, 2.45) is 0 Å². The van der Waals surface area contributed by atoms with Crippen molar-refractivity contribution >= 4 is 18.5 Å². The van der Waals surface area contributed by atoms with Gasteiger partial charge in [-0.15, -0.1) is 0 Å². The van der Waals surface area contributed by atoms with Gasteiger partial charge in [-0.05, 0) is 69.2 Å². The number of ether oxygens (including phenoxy) is 2. The van der Waals surface area contributed by atoms with E-state index in [1.165, 1.54) is 5.56 Å². The van der Waals surface area contributed by atoms with Gasteiger partial charge in [0.1, 0.15) is 16.9 Å². The summed E-state index contributed by atoms with van der Waals surface area (Å²) in [4.78, 5) is 40.7. The Bertz CT molecular complexity index is 1840. The highest BCUT2D eigenvalue weighted by Crippen LogP contribution is 2.26. The number of carbonyl (C=O) groups is 3. The molecule has 6 rings (SSSR count). The van der Waals surface area contributed by atoms with Gasteiger partial charge in [0.25, 0.3) is 0 Å². The summed E-state index contributed by atoms with van der Waals surface area (Å²) in [7, 11) is 0. The second-order valence-corrected chi connectivity index (χ2v) is 16.9. The predicted molar refractivity (Wildman–Crippen MR) is 225 cm³/mol. The molecule has 0 spiro atoms. The van der Waals surface area contributed by atoms with E-state index in [-0.39, 0.29) is 23.8 Å². The number of nitrogens with zero attached hydrogens (tertiary/aromatic N) is 7. The molecule has 2 aliphatic rings. The van der Waals surface area contributed by atoms with Crippen LogP contribution in [0.15, 0.2) is 73.1 Å². The number of piperazine rings is 2. The fourth-order valence-electron chi connectivity index (χ4n) is 6.06. The van der Waals surface area contributed by atoms with E-state index in [0.717, 1.165) is 74.6 Å². The van der Waals surface area contributed by atoms with Crippen LogP contribution in [-0.2, 0) is 16.0 Å². The van der Waals surface area contributed by atoms with Crippen molar-refractivity contribution < 1.29 is 23.9 Å². The Hall–Kier alpha value is -5.01. The van der Waals surface area contributed by atoms with Crippen molar-refractivity contribution in [2.75, 3.05) is 52.4 Å². The van der Waals surface area contributed by atoms with Crippen molar-refractivity contribution in [3.63, 3.8) is 0 Å². The van der Waals surface area contributed by atoms with Crippen molar-refractivity contribution in [1.29, 1.82) is 0 Å². The van der Waals surface area contributed by atoms with Gasteiger partial charge in [0.15, 0.2) is 6.29 Å². The van der Waals surface area contributed by atoms with E-state index in [2.05, 4.69) is 47.5 Å². The molecule has 0 unspecified atom stereocenters. The fraction of sp³-hybridized carbons (Fsp3) is 0.523. The monoisotopic (exact) mass is 784 g/mol. The van der Waals surface area contributed by atoms with E-state index in [4.69, 9.17) is 14.6 Å². The number of hydrogen-bond acceptors (Lipinski definition) is 9. The molecule has 13 heteroatoms. The molecule has 4 aromatic rings. The summed E-state index contributed by atoms with van der Waals surface area (Å²) in [6.07, 6.45) is 4.39. The number of hydrogen-bond donors (Lipinski definition) is 1. The number of nitrogens with one attached hydrogen (secondary N) is 1. The van der Waals surface area contributed by atoms with Crippen LogP contribution in [0, 0.1) is 0 Å². The molecule has 0 aliphatic carbocycles. The predicted octanol–water partition coefficient (Wildman–Crippen LogP) is 7.95. The molecule has 0 radical (unpaired) electrons. The first-order chi connectivity index (χ1) is 26.9. The lowest BCUT2D eigenvalue weighted by atomic mass is 10.1. The number of carbonyl (C=O) groups excluding carboxylic acids is 3. The minimum Gasteiger partial charge on any atom is -0.444 e. The number of aromatic nitrogens is 4. The molecule has 0 bridgehead atoms. The molecule has 2 amide bonds. The molecule has 0 saturated carbocycles. The number of aldehydes is 1. The van der Waals surface area contributed by atoms with E-state index in [1.807, 2.05) is 113 Å². The summed E-state index contributed by atoms with van der Waals surface area (Å²) in [6, 6.07) is 20.7. The first-order valence-electron chi connectivity index (χ1n) is 20.1. The maximum absolute atomic E-state index is 12.3. The van der Waals surface area contributed by atoms with Gasteiger partial charge in [-0.25, -0.2) is 9.59 Å². The van der Waals surface area contributed by atoms with Gasteiger partial charge in [0.2, 0.25) is 0 Å². The molecule has 0 atom stereocenters. The molecular weight excluding hydrogens is 721 g/mol. The molecule has 1 N–H and O–H groups in total. The summed E-state index contributed by atoms with van der Waals surface area (Å²) >= 11 is 0. The van der Waals surface area contributed by atoms with E-state index in [1.54, 1.807) is 16.0 Å². The highest BCUT2D eigenvalue weighted by atomic mass is 16.6. The summed E-state index contributed by atoms with van der Waals surface area (Å²) in [5.41, 5.74) is 4.94. The average Bonchev–Trinajstić information content (AvgIpc) is 3.81. The Morgan fingerprint density at radius 3 is 1.56 bits per heavy atom. The van der Waals surface area contributed by atoms with Gasteiger partial charge in [-0.2, -0.15) is 10.2 Å². The van der Waals surface area contributed by atoms with Gasteiger partial charge >= 0.3 is 12.2 Å². The zero-order valence-corrected chi connectivity index (χ0v) is 35.7. The minimum absolute atomic E-state index is 0.200. The van der Waals surface area contributed by atoms with Crippen LogP contribution < -0.4 is 5.32 Å².